The molecule has 0 radical (unpaired) electrons. The maximum absolute atomic E-state index is 12.2. The van der Waals surface area contributed by atoms with Crippen LogP contribution in [-0.4, -0.2) is 36.5 Å². The summed E-state index contributed by atoms with van der Waals surface area (Å²) in [6.45, 7) is 0.566. The van der Waals surface area contributed by atoms with Gasteiger partial charge >= 0.3 is 5.97 Å². The number of fused-ring (bicyclic) bond motifs is 1. The van der Waals surface area contributed by atoms with Crippen molar-refractivity contribution < 1.29 is 29.0 Å². The van der Waals surface area contributed by atoms with E-state index in [1.54, 1.807) is 42.5 Å². The van der Waals surface area contributed by atoms with Gasteiger partial charge in [-0.05, 0) is 47.5 Å². The van der Waals surface area contributed by atoms with Crippen molar-refractivity contribution in [3.63, 3.8) is 0 Å². The number of amides is 1. The molecule has 0 aliphatic carbocycles. The van der Waals surface area contributed by atoms with E-state index < -0.39 is 17.9 Å². The van der Waals surface area contributed by atoms with Crippen LogP contribution in [0.5, 0.6) is 11.5 Å². The predicted molar refractivity (Wildman–Crippen MR) is 101 cm³/mol. The molecule has 3 rings (SSSR count). The van der Waals surface area contributed by atoms with E-state index in [-0.39, 0.29) is 18.6 Å². The van der Waals surface area contributed by atoms with E-state index >= 15 is 0 Å². The number of hydrogen-bond donors (Lipinski definition) is 2. The van der Waals surface area contributed by atoms with Gasteiger partial charge in [-0.15, -0.1) is 0 Å². The minimum Gasteiger partial charge on any atom is -0.497 e. The number of hydrogen-bond acceptors (Lipinski definition) is 5. The van der Waals surface area contributed by atoms with Crippen LogP contribution in [0.1, 0.15) is 40.4 Å². The van der Waals surface area contributed by atoms with Crippen molar-refractivity contribution >= 4 is 17.7 Å². The zero-order valence-electron chi connectivity index (χ0n) is 15.4. The van der Waals surface area contributed by atoms with E-state index in [2.05, 4.69) is 5.32 Å². The molecule has 28 heavy (non-hydrogen) atoms. The van der Waals surface area contributed by atoms with Crippen LogP contribution in [0.3, 0.4) is 0 Å². The van der Waals surface area contributed by atoms with Gasteiger partial charge in [0.15, 0.2) is 11.8 Å². The van der Waals surface area contributed by atoms with Crippen molar-refractivity contribution in [3.05, 3.63) is 59.2 Å². The molecular weight excluding hydrogens is 362 g/mol. The third-order valence-corrected chi connectivity index (χ3v) is 4.59. The van der Waals surface area contributed by atoms with Gasteiger partial charge in [0.25, 0.3) is 0 Å². The number of carbonyl (C=O) groups excluding carboxylic acids is 2. The Bertz CT molecular complexity index is 890. The first-order valence-electron chi connectivity index (χ1n) is 8.93. The highest BCUT2D eigenvalue weighted by Gasteiger charge is 2.24. The summed E-state index contributed by atoms with van der Waals surface area (Å²) in [5, 5.41) is 12.0. The first kappa shape index (κ1) is 19.4. The fourth-order valence-electron chi connectivity index (χ4n) is 3.06. The first-order valence-corrected chi connectivity index (χ1v) is 8.93. The average Bonchev–Trinajstić information content (AvgIpc) is 3.17. The van der Waals surface area contributed by atoms with E-state index in [0.717, 1.165) is 11.3 Å². The lowest BCUT2D eigenvalue weighted by atomic mass is 10.0. The number of carboxylic acid groups (broad SMARTS) is 1. The maximum atomic E-state index is 12.2. The topological polar surface area (TPSA) is 102 Å². The van der Waals surface area contributed by atoms with Crippen molar-refractivity contribution in [1.82, 2.24) is 5.32 Å². The summed E-state index contributed by atoms with van der Waals surface area (Å²) in [5.74, 6) is -0.471. The summed E-state index contributed by atoms with van der Waals surface area (Å²) in [5.41, 5.74) is 1.88. The Hall–Kier alpha value is -3.35. The Morgan fingerprint density at radius 2 is 1.89 bits per heavy atom. The van der Waals surface area contributed by atoms with Crippen LogP contribution in [0, 0.1) is 0 Å². The summed E-state index contributed by atoms with van der Waals surface area (Å²) >= 11 is 0. The number of methoxy groups -OCH3 is 1. The monoisotopic (exact) mass is 383 g/mol. The number of carboxylic acids is 1. The van der Waals surface area contributed by atoms with Crippen LogP contribution < -0.4 is 14.8 Å². The Kier molecular flexibility index (Phi) is 5.93. The molecule has 2 aromatic rings. The molecule has 0 spiro atoms. The summed E-state index contributed by atoms with van der Waals surface area (Å²) in [4.78, 5) is 36.1. The molecule has 0 bridgehead atoms. The molecule has 1 atom stereocenters. The second-order valence-corrected chi connectivity index (χ2v) is 6.46. The number of ether oxygens (including phenoxy) is 2. The molecule has 0 saturated heterocycles. The number of aliphatic carboxylic acids is 1. The molecule has 1 aliphatic heterocycles. The molecule has 146 valence electrons. The number of rotatable bonds is 8. The van der Waals surface area contributed by atoms with Gasteiger partial charge in [0, 0.05) is 24.8 Å². The zero-order valence-corrected chi connectivity index (χ0v) is 15.4. The molecule has 2 aromatic carbocycles. The summed E-state index contributed by atoms with van der Waals surface area (Å²) in [6, 6.07) is 10.5. The molecule has 1 unspecified atom stereocenters. The second-order valence-electron chi connectivity index (χ2n) is 6.46. The normalized spacial score (nSPS) is 13.2. The number of nitrogens with one attached hydrogen (secondary N) is 1. The van der Waals surface area contributed by atoms with Crippen LogP contribution >= 0.6 is 0 Å². The van der Waals surface area contributed by atoms with Crippen molar-refractivity contribution in [2.24, 2.45) is 0 Å². The van der Waals surface area contributed by atoms with Crippen molar-refractivity contribution in [3.8, 4) is 11.5 Å². The molecule has 7 heteroatoms. The van der Waals surface area contributed by atoms with Gasteiger partial charge in [-0.1, -0.05) is 6.07 Å². The molecule has 1 amide bonds. The average molecular weight is 383 g/mol. The SMILES string of the molecule is COc1ccc(C(=O)CCC(=O)NC(C(=O)O)c2ccc3c(c2)CCO3)cc1. The van der Waals surface area contributed by atoms with Gasteiger partial charge in [-0.25, -0.2) is 4.79 Å². The lowest BCUT2D eigenvalue weighted by molar-refractivity contribution is -0.142. The highest BCUT2D eigenvalue weighted by atomic mass is 16.5. The van der Waals surface area contributed by atoms with Crippen LogP contribution in [0.25, 0.3) is 0 Å². The highest BCUT2D eigenvalue weighted by molar-refractivity contribution is 5.98. The lowest BCUT2D eigenvalue weighted by Gasteiger charge is -2.15. The van der Waals surface area contributed by atoms with Crippen LogP contribution in [0.2, 0.25) is 0 Å². The minimum absolute atomic E-state index is 0.0114. The van der Waals surface area contributed by atoms with E-state index in [0.29, 0.717) is 29.9 Å². The molecule has 0 fully saturated rings. The van der Waals surface area contributed by atoms with E-state index in [1.165, 1.54) is 7.11 Å². The minimum atomic E-state index is -1.17. The van der Waals surface area contributed by atoms with Gasteiger partial charge in [0.05, 0.1) is 13.7 Å². The molecule has 1 aliphatic rings. The summed E-state index contributed by atoms with van der Waals surface area (Å²) < 4.78 is 10.5. The standard InChI is InChI=1S/C21H21NO6/c1-27-16-5-2-13(3-6-16)17(23)7-9-19(24)22-20(21(25)26)15-4-8-18-14(12-15)10-11-28-18/h2-6,8,12,20H,7,9-11H2,1H3,(H,22,24)(H,25,26). The van der Waals surface area contributed by atoms with Crippen LogP contribution in [0.15, 0.2) is 42.5 Å². The number of Topliss-reactive ketones (excluding diaryl/α,β-unsaturated/α-hetero) is 1. The molecule has 0 saturated carbocycles. The number of carbonyl (C=O) groups is 3. The van der Waals surface area contributed by atoms with Crippen LogP contribution in [-0.2, 0) is 16.0 Å². The number of ketones is 1. The Labute approximate surface area is 162 Å². The number of benzene rings is 2. The Morgan fingerprint density at radius 3 is 2.57 bits per heavy atom. The van der Waals surface area contributed by atoms with E-state index in [4.69, 9.17) is 9.47 Å². The van der Waals surface area contributed by atoms with Gasteiger partial charge in [0.1, 0.15) is 11.5 Å². The second kappa shape index (κ2) is 8.56. The van der Waals surface area contributed by atoms with Gasteiger partial charge < -0.3 is 19.9 Å². The van der Waals surface area contributed by atoms with Crippen molar-refractivity contribution in [1.29, 1.82) is 0 Å². The third-order valence-electron chi connectivity index (χ3n) is 4.59. The molecule has 2 N–H and O–H groups in total. The summed E-state index contributed by atoms with van der Waals surface area (Å²) in [7, 11) is 1.54. The van der Waals surface area contributed by atoms with E-state index in [9.17, 15) is 19.5 Å². The quantitative estimate of drug-likeness (QED) is 0.679. The lowest BCUT2D eigenvalue weighted by Crippen LogP contribution is -2.34. The highest BCUT2D eigenvalue weighted by Crippen LogP contribution is 2.28. The fraction of sp³-hybridized carbons (Fsp3) is 0.286. The van der Waals surface area contributed by atoms with Crippen LogP contribution in [0.4, 0.5) is 0 Å². The predicted octanol–water partition coefficient (Wildman–Crippen LogP) is 2.54. The third kappa shape index (κ3) is 4.49. The van der Waals surface area contributed by atoms with E-state index in [1.807, 2.05) is 0 Å². The smallest absolute Gasteiger partial charge is 0.330 e. The largest absolute Gasteiger partial charge is 0.497 e. The molecular formula is C21H21NO6. The van der Waals surface area contributed by atoms with Crippen molar-refractivity contribution in [2.45, 2.75) is 25.3 Å². The van der Waals surface area contributed by atoms with Gasteiger partial charge in [-0.2, -0.15) is 0 Å². The summed E-state index contributed by atoms with van der Waals surface area (Å²) in [6.07, 6.45) is 0.602. The fourth-order valence-corrected chi connectivity index (χ4v) is 3.06. The maximum Gasteiger partial charge on any atom is 0.330 e. The Morgan fingerprint density at radius 1 is 1.14 bits per heavy atom. The first-order chi connectivity index (χ1) is 13.5. The van der Waals surface area contributed by atoms with Gasteiger partial charge in [-0.3, -0.25) is 9.59 Å². The molecule has 0 aromatic heterocycles. The molecule has 1 heterocycles. The van der Waals surface area contributed by atoms with Gasteiger partial charge in [0.2, 0.25) is 5.91 Å². The van der Waals surface area contributed by atoms with Crippen molar-refractivity contribution in [2.75, 3.05) is 13.7 Å². The molecule has 7 nitrogen and oxygen atoms in total. The Balaban J connectivity index is 1.60. The zero-order chi connectivity index (χ0) is 20.1.